The van der Waals surface area contributed by atoms with E-state index in [1.165, 1.54) is 22.7 Å². The summed E-state index contributed by atoms with van der Waals surface area (Å²) in [4.78, 5) is 30.7. The molecular formula is C27H26N2O3S2. The molecule has 0 fully saturated rings. The molecule has 2 heterocycles. The van der Waals surface area contributed by atoms with Crippen LogP contribution in [-0.2, 0) is 22.6 Å². The summed E-state index contributed by atoms with van der Waals surface area (Å²) in [7, 11) is 1.62. The van der Waals surface area contributed by atoms with Gasteiger partial charge in [-0.15, -0.1) is 22.7 Å². The summed E-state index contributed by atoms with van der Waals surface area (Å²) < 4.78 is 5.21. The summed E-state index contributed by atoms with van der Waals surface area (Å²) in [6, 6.07) is 22.2. The van der Waals surface area contributed by atoms with Crippen LogP contribution in [0.15, 0.2) is 83.6 Å². The van der Waals surface area contributed by atoms with Crippen LogP contribution in [-0.4, -0.2) is 18.9 Å². The number of rotatable bonds is 9. The molecule has 4 aromatic rings. The Morgan fingerprint density at radius 2 is 1.74 bits per heavy atom. The molecule has 174 valence electrons. The second-order valence-corrected chi connectivity index (χ2v) is 9.85. The highest BCUT2D eigenvalue weighted by Gasteiger charge is 2.33. The summed E-state index contributed by atoms with van der Waals surface area (Å²) >= 11 is 3.01. The lowest BCUT2D eigenvalue weighted by molar-refractivity contribution is -0.126. The van der Waals surface area contributed by atoms with Gasteiger partial charge in [-0.2, -0.15) is 0 Å². The first-order valence-electron chi connectivity index (χ1n) is 10.9. The van der Waals surface area contributed by atoms with E-state index < -0.39 is 6.04 Å². The highest BCUT2D eigenvalue weighted by Crippen LogP contribution is 2.32. The third-order valence-corrected chi connectivity index (χ3v) is 7.20. The fraction of sp³-hybridized carbons (Fsp3) is 0.185. The zero-order valence-corrected chi connectivity index (χ0v) is 20.7. The van der Waals surface area contributed by atoms with E-state index in [4.69, 9.17) is 4.74 Å². The molecule has 34 heavy (non-hydrogen) atoms. The average molecular weight is 491 g/mol. The topological polar surface area (TPSA) is 58.6 Å². The minimum absolute atomic E-state index is 0.119. The molecule has 1 atom stereocenters. The van der Waals surface area contributed by atoms with Gasteiger partial charge in [0, 0.05) is 22.0 Å². The van der Waals surface area contributed by atoms with Gasteiger partial charge in [-0.1, -0.05) is 36.4 Å². The van der Waals surface area contributed by atoms with Crippen LogP contribution in [0, 0.1) is 6.92 Å². The summed E-state index contributed by atoms with van der Waals surface area (Å²) in [5.74, 6) is 0.418. The molecule has 0 aliphatic carbocycles. The van der Waals surface area contributed by atoms with E-state index in [9.17, 15) is 9.59 Å². The lowest BCUT2D eigenvalue weighted by Gasteiger charge is -2.31. The largest absolute Gasteiger partial charge is 0.497 e. The van der Waals surface area contributed by atoms with Gasteiger partial charge in [0.25, 0.3) is 0 Å². The number of aryl methyl sites for hydroxylation is 1. The van der Waals surface area contributed by atoms with E-state index in [-0.39, 0.29) is 18.2 Å². The van der Waals surface area contributed by atoms with Gasteiger partial charge in [-0.25, -0.2) is 0 Å². The van der Waals surface area contributed by atoms with Crippen LogP contribution >= 0.6 is 22.7 Å². The van der Waals surface area contributed by atoms with Crippen molar-refractivity contribution in [3.8, 4) is 5.75 Å². The average Bonchev–Trinajstić information content (AvgIpc) is 3.56. The van der Waals surface area contributed by atoms with Crippen LogP contribution in [0.5, 0.6) is 5.75 Å². The van der Waals surface area contributed by atoms with E-state index >= 15 is 0 Å². The summed E-state index contributed by atoms with van der Waals surface area (Å²) in [5.41, 5.74) is 2.68. The van der Waals surface area contributed by atoms with Crippen LogP contribution in [0.2, 0.25) is 0 Å². The van der Waals surface area contributed by atoms with Crippen molar-refractivity contribution in [2.24, 2.45) is 0 Å². The van der Waals surface area contributed by atoms with Crippen LogP contribution in [0.25, 0.3) is 0 Å². The van der Waals surface area contributed by atoms with Crippen molar-refractivity contribution in [2.75, 3.05) is 12.0 Å². The van der Waals surface area contributed by atoms with E-state index in [1.54, 1.807) is 12.0 Å². The van der Waals surface area contributed by atoms with Crippen molar-refractivity contribution in [3.63, 3.8) is 0 Å². The molecule has 0 spiro atoms. The van der Waals surface area contributed by atoms with Gasteiger partial charge in [0.15, 0.2) is 0 Å². The highest BCUT2D eigenvalue weighted by molar-refractivity contribution is 7.10. The maximum atomic E-state index is 13.7. The van der Waals surface area contributed by atoms with Crippen LogP contribution in [0.3, 0.4) is 0 Å². The lowest BCUT2D eigenvalue weighted by atomic mass is 10.1. The Balaban J connectivity index is 1.65. The zero-order chi connectivity index (χ0) is 23.9. The molecule has 0 bridgehead atoms. The molecule has 0 saturated heterocycles. The summed E-state index contributed by atoms with van der Waals surface area (Å²) in [6.07, 6.45) is 0.235. The number of hydrogen-bond acceptors (Lipinski definition) is 5. The molecule has 0 aliphatic heterocycles. The smallest absolute Gasteiger partial charge is 0.248 e. The molecule has 7 heteroatoms. The Hall–Kier alpha value is -3.42. The molecule has 5 nitrogen and oxygen atoms in total. The molecule has 2 aromatic heterocycles. The molecule has 0 radical (unpaired) electrons. The van der Waals surface area contributed by atoms with Gasteiger partial charge in [0.1, 0.15) is 11.8 Å². The number of anilines is 1. The minimum Gasteiger partial charge on any atom is -0.497 e. The summed E-state index contributed by atoms with van der Waals surface area (Å²) in [6.45, 7) is 2.33. The number of thiophene rings is 2. The Kier molecular flexibility index (Phi) is 7.77. The summed E-state index contributed by atoms with van der Waals surface area (Å²) in [5, 5.41) is 6.92. The van der Waals surface area contributed by atoms with E-state index in [0.29, 0.717) is 12.2 Å². The first kappa shape index (κ1) is 23.7. The van der Waals surface area contributed by atoms with Crippen LogP contribution < -0.4 is 15.0 Å². The zero-order valence-electron chi connectivity index (χ0n) is 19.1. The van der Waals surface area contributed by atoms with E-state index in [2.05, 4.69) is 5.32 Å². The molecular weight excluding hydrogens is 464 g/mol. The third-order valence-electron chi connectivity index (χ3n) is 5.40. The number of carbonyl (C=O) groups is 2. The second kappa shape index (κ2) is 11.1. The van der Waals surface area contributed by atoms with Gasteiger partial charge >= 0.3 is 0 Å². The molecule has 4 rings (SSSR count). The number of nitrogens with zero attached hydrogens (tertiary/aromatic N) is 1. The Morgan fingerprint density at radius 3 is 2.38 bits per heavy atom. The fourth-order valence-electron chi connectivity index (χ4n) is 3.71. The normalized spacial score (nSPS) is 11.6. The first-order chi connectivity index (χ1) is 16.5. The number of ether oxygens (including phenoxy) is 1. The quantitative estimate of drug-likeness (QED) is 0.325. The standard InChI is InChI=1S/C27H26N2O3S2/c1-19-6-3-7-21(16-19)29(25(30)17-23-8-4-14-33-23)26(24-9-5-15-34-24)27(31)28-18-20-10-12-22(32-2)13-11-20/h3-16,26H,17-18H2,1-2H3,(H,28,31)/t26-/m0/s1. The second-order valence-electron chi connectivity index (χ2n) is 7.84. The minimum atomic E-state index is -0.771. The van der Waals surface area contributed by atoms with Gasteiger partial charge in [-0.05, 0) is 65.2 Å². The molecule has 0 saturated carbocycles. The van der Waals surface area contributed by atoms with Gasteiger partial charge in [0.2, 0.25) is 11.8 Å². The molecule has 0 aliphatic rings. The molecule has 2 aromatic carbocycles. The Morgan fingerprint density at radius 1 is 0.971 bits per heavy atom. The predicted molar refractivity (Wildman–Crippen MR) is 139 cm³/mol. The number of nitrogens with one attached hydrogen (secondary N) is 1. The first-order valence-corrected chi connectivity index (χ1v) is 12.7. The maximum Gasteiger partial charge on any atom is 0.248 e. The number of carbonyl (C=O) groups excluding carboxylic acids is 2. The van der Waals surface area contributed by atoms with Crippen molar-refractivity contribution in [2.45, 2.75) is 25.9 Å². The number of benzene rings is 2. The van der Waals surface area contributed by atoms with Crippen molar-refractivity contribution in [1.29, 1.82) is 0 Å². The van der Waals surface area contributed by atoms with E-state index in [1.807, 2.05) is 90.5 Å². The maximum absolute atomic E-state index is 13.7. The van der Waals surface area contributed by atoms with Gasteiger partial charge in [-0.3, -0.25) is 14.5 Å². The predicted octanol–water partition coefficient (Wildman–Crippen LogP) is 5.76. The number of amides is 2. The SMILES string of the molecule is COc1ccc(CNC(=O)[C@H](c2cccs2)N(C(=O)Cc2cccs2)c2cccc(C)c2)cc1. The Bertz CT molecular complexity index is 1220. The van der Waals surface area contributed by atoms with Crippen molar-refractivity contribution < 1.29 is 14.3 Å². The fourth-order valence-corrected chi connectivity index (χ4v) is 5.22. The number of hydrogen-bond donors (Lipinski definition) is 1. The monoisotopic (exact) mass is 490 g/mol. The molecule has 2 amide bonds. The van der Waals surface area contributed by atoms with Crippen molar-refractivity contribution in [1.82, 2.24) is 5.32 Å². The lowest BCUT2D eigenvalue weighted by Crippen LogP contribution is -2.44. The van der Waals surface area contributed by atoms with Crippen molar-refractivity contribution >= 4 is 40.2 Å². The Labute approximate surface area is 207 Å². The van der Waals surface area contributed by atoms with E-state index in [0.717, 1.165) is 26.6 Å². The molecule has 0 unspecified atom stereocenters. The van der Waals surface area contributed by atoms with Crippen LogP contribution in [0.1, 0.15) is 26.9 Å². The van der Waals surface area contributed by atoms with Crippen molar-refractivity contribution in [3.05, 3.63) is 104 Å². The van der Waals surface area contributed by atoms with Crippen LogP contribution in [0.4, 0.5) is 5.69 Å². The third kappa shape index (κ3) is 5.73. The highest BCUT2D eigenvalue weighted by atomic mass is 32.1. The number of methoxy groups -OCH3 is 1. The van der Waals surface area contributed by atoms with Gasteiger partial charge < -0.3 is 10.1 Å². The van der Waals surface area contributed by atoms with Gasteiger partial charge in [0.05, 0.1) is 13.5 Å². The molecule has 1 N–H and O–H groups in total.